The molecule has 0 aliphatic carbocycles. The number of aromatic amines is 1. The lowest BCUT2D eigenvalue weighted by atomic mass is 10.1. The van der Waals surface area contributed by atoms with E-state index < -0.39 is 0 Å². The van der Waals surface area contributed by atoms with Crippen LogP contribution in [0.1, 0.15) is 12.8 Å². The monoisotopic (exact) mass is 218 g/mol. The number of pyridine rings is 1. The molecule has 0 radical (unpaired) electrons. The van der Waals surface area contributed by atoms with Crippen molar-refractivity contribution in [2.45, 2.75) is 18.9 Å². The minimum Gasteiger partial charge on any atom is -0.381 e. The largest absolute Gasteiger partial charge is 0.381 e. The number of hydrogen-bond donors (Lipinski definition) is 2. The van der Waals surface area contributed by atoms with Crippen LogP contribution in [0.3, 0.4) is 0 Å². The molecule has 2 aromatic rings. The Bertz CT molecular complexity index is 476. The van der Waals surface area contributed by atoms with Gasteiger partial charge in [-0.25, -0.2) is 4.98 Å². The summed E-state index contributed by atoms with van der Waals surface area (Å²) >= 11 is 0. The first-order valence-corrected chi connectivity index (χ1v) is 5.56. The van der Waals surface area contributed by atoms with E-state index in [1.54, 1.807) is 6.20 Å². The van der Waals surface area contributed by atoms with Crippen molar-refractivity contribution in [3.05, 3.63) is 18.5 Å². The van der Waals surface area contributed by atoms with Gasteiger partial charge in [-0.05, 0) is 18.9 Å². The van der Waals surface area contributed by atoms with Crippen molar-refractivity contribution in [1.82, 2.24) is 15.2 Å². The zero-order chi connectivity index (χ0) is 10.8. The standard InChI is InChI=1S/C11H14N4O/c1-4-12-11-9(7-13-15-11)10(1)14-8-2-5-16-6-3-8/h1,4,7-8H,2-3,5-6H2,(H2,12,13,14,15). The predicted octanol–water partition coefficient (Wildman–Crippen LogP) is 1.55. The quantitative estimate of drug-likeness (QED) is 0.802. The number of rotatable bonds is 2. The fraction of sp³-hybridized carbons (Fsp3) is 0.455. The van der Waals surface area contributed by atoms with E-state index in [0.717, 1.165) is 42.8 Å². The highest BCUT2D eigenvalue weighted by atomic mass is 16.5. The summed E-state index contributed by atoms with van der Waals surface area (Å²) in [6.07, 6.45) is 5.72. The smallest absolute Gasteiger partial charge is 0.157 e. The van der Waals surface area contributed by atoms with Gasteiger partial charge >= 0.3 is 0 Å². The highest BCUT2D eigenvalue weighted by Gasteiger charge is 2.14. The first-order valence-electron chi connectivity index (χ1n) is 5.56. The van der Waals surface area contributed by atoms with Gasteiger partial charge in [-0.3, -0.25) is 5.10 Å². The molecule has 5 heteroatoms. The normalized spacial score (nSPS) is 17.8. The zero-order valence-electron chi connectivity index (χ0n) is 8.94. The molecule has 1 fully saturated rings. The van der Waals surface area contributed by atoms with Crippen LogP contribution in [0.4, 0.5) is 5.69 Å². The van der Waals surface area contributed by atoms with Gasteiger partial charge in [-0.15, -0.1) is 0 Å². The van der Waals surface area contributed by atoms with Crippen LogP contribution < -0.4 is 5.32 Å². The van der Waals surface area contributed by atoms with Crippen LogP contribution >= 0.6 is 0 Å². The van der Waals surface area contributed by atoms with Gasteiger partial charge in [-0.1, -0.05) is 0 Å². The molecule has 2 N–H and O–H groups in total. The van der Waals surface area contributed by atoms with Crippen molar-refractivity contribution in [3.63, 3.8) is 0 Å². The molecule has 0 unspecified atom stereocenters. The highest BCUT2D eigenvalue weighted by molar-refractivity contribution is 5.88. The number of anilines is 1. The summed E-state index contributed by atoms with van der Waals surface area (Å²) in [5, 5.41) is 11.5. The summed E-state index contributed by atoms with van der Waals surface area (Å²) in [6, 6.07) is 2.49. The topological polar surface area (TPSA) is 62.8 Å². The van der Waals surface area contributed by atoms with E-state index >= 15 is 0 Å². The molecule has 3 rings (SSSR count). The molecule has 0 aromatic carbocycles. The molecule has 0 amide bonds. The second-order valence-corrected chi connectivity index (χ2v) is 4.02. The van der Waals surface area contributed by atoms with Gasteiger partial charge < -0.3 is 10.1 Å². The Morgan fingerprint density at radius 3 is 3.12 bits per heavy atom. The molecule has 0 saturated carbocycles. The fourth-order valence-electron chi connectivity index (χ4n) is 2.04. The summed E-state index contributed by atoms with van der Waals surface area (Å²) < 4.78 is 5.34. The van der Waals surface area contributed by atoms with Crippen molar-refractivity contribution in [2.75, 3.05) is 18.5 Å². The van der Waals surface area contributed by atoms with E-state index in [1.807, 2.05) is 12.3 Å². The van der Waals surface area contributed by atoms with Crippen molar-refractivity contribution in [3.8, 4) is 0 Å². The third-order valence-corrected chi connectivity index (χ3v) is 2.94. The number of hydrogen-bond acceptors (Lipinski definition) is 4. The molecular formula is C11H14N4O. The van der Waals surface area contributed by atoms with Crippen LogP contribution in [0.2, 0.25) is 0 Å². The molecule has 1 aliphatic heterocycles. The average molecular weight is 218 g/mol. The zero-order valence-corrected chi connectivity index (χ0v) is 8.94. The van der Waals surface area contributed by atoms with E-state index in [9.17, 15) is 0 Å². The van der Waals surface area contributed by atoms with Gasteiger partial charge in [0.25, 0.3) is 0 Å². The molecular weight excluding hydrogens is 204 g/mol. The Balaban J connectivity index is 1.85. The van der Waals surface area contributed by atoms with Gasteiger partial charge in [0.15, 0.2) is 5.65 Å². The van der Waals surface area contributed by atoms with Gasteiger partial charge in [0.05, 0.1) is 11.6 Å². The molecule has 0 atom stereocenters. The Morgan fingerprint density at radius 2 is 2.25 bits per heavy atom. The molecule has 0 bridgehead atoms. The lowest BCUT2D eigenvalue weighted by Crippen LogP contribution is -2.27. The molecule has 2 aromatic heterocycles. The van der Waals surface area contributed by atoms with Crippen molar-refractivity contribution in [2.24, 2.45) is 0 Å². The Morgan fingerprint density at radius 1 is 1.38 bits per heavy atom. The highest BCUT2D eigenvalue weighted by Crippen LogP contribution is 2.22. The summed E-state index contributed by atoms with van der Waals surface area (Å²) in [5.41, 5.74) is 1.93. The van der Waals surface area contributed by atoms with Gasteiger partial charge in [-0.2, -0.15) is 5.10 Å². The molecule has 1 aliphatic rings. The van der Waals surface area contributed by atoms with Gasteiger partial charge in [0.1, 0.15) is 0 Å². The molecule has 5 nitrogen and oxygen atoms in total. The van der Waals surface area contributed by atoms with Gasteiger partial charge in [0.2, 0.25) is 0 Å². The maximum absolute atomic E-state index is 5.34. The van der Waals surface area contributed by atoms with Crippen LogP contribution in [-0.4, -0.2) is 34.4 Å². The summed E-state index contributed by atoms with van der Waals surface area (Å²) in [5.74, 6) is 0. The second-order valence-electron chi connectivity index (χ2n) is 4.02. The number of ether oxygens (including phenoxy) is 1. The molecule has 3 heterocycles. The summed E-state index contributed by atoms with van der Waals surface area (Å²) in [7, 11) is 0. The van der Waals surface area contributed by atoms with Crippen molar-refractivity contribution >= 4 is 16.7 Å². The maximum atomic E-state index is 5.34. The van der Waals surface area contributed by atoms with Crippen molar-refractivity contribution in [1.29, 1.82) is 0 Å². The Kier molecular flexibility index (Phi) is 2.46. The third kappa shape index (κ3) is 1.74. The number of fused-ring (bicyclic) bond motifs is 1. The average Bonchev–Trinajstić information content (AvgIpc) is 2.80. The number of aromatic nitrogens is 3. The van der Waals surface area contributed by atoms with Crippen LogP contribution in [0.5, 0.6) is 0 Å². The number of nitrogens with one attached hydrogen (secondary N) is 2. The van der Waals surface area contributed by atoms with E-state index in [0.29, 0.717) is 6.04 Å². The summed E-state index contributed by atoms with van der Waals surface area (Å²) in [6.45, 7) is 1.69. The number of nitrogens with zero attached hydrogens (tertiary/aromatic N) is 2. The van der Waals surface area contributed by atoms with Crippen molar-refractivity contribution < 1.29 is 4.74 Å². The maximum Gasteiger partial charge on any atom is 0.157 e. The lowest BCUT2D eigenvalue weighted by molar-refractivity contribution is 0.0905. The predicted molar refractivity (Wildman–Crippen MR) is 61.4 cm³/mol. The van der Waals surface area contributed by atoms with E-state index in [4.69, 9.17) is 4.74 Å². The SMILES string of the molecule is c1cc(NC2CCOCC2)c2cn[nH]c2n1. The Labute approximate surface area is 93.2 Å². The number of H-pyrrole nitrogens is 1. The summed E-state index contributed by atoms with van der Waals surface area (Å²) in [4.78, 5) is 4.21. The third-order valence-electron chi connectivity index (χ3n) is 2.94. The van der Waals surface area contributed by atoms with E-state index in [2.05, 4.69) is 20.5 Å². The van der Waals surface area contributed by atoms with Crippen LogP contribution in [0.15, 0.2) is 18.5 Å². The van der Waals surface area contributed by atoms with Crippen LogP contribution in [0.25, 0.3) is 11.0 Å². The minimum absolute atomic E-state index is 0.495. The Hall–Kier alpha value is -1.62. The molecule has 84 valence electrons. The minimum atomic E-state index is 0.495. The molecule has 1 saturated heterocycles. The van der Waals surface area contributed by atoms with Crippen LogP contribution in [-0.2, 0) is 4.74 Å². The first kappa shape index (κ1) is 9.59. The lowest BCUT2D eigenvalue weighted by Gasteiger charge is -2.24. The van der Waals surface area contributed by atoms with E-state index in [-0.39, 0.29) is 0 Å². The molecule has 0 spiro atoms. The first-order chi connectivity index (χ1) is 7.93. The van der Waals surface area contributed by atoms with Gasteiger partial charge in [0, 0.05) is 31.1 Å². The fourth-order valence-corrected chi connectivity index (χ4v) is 2.04. The van der Waals surface area contributed by atoms with E-state index in [1.165, 1.54) is 0 Å². The second kappa shape index (κ2) is 4.09. The molecule has 16 heavy (non-hydrogen) atoms. The van der Waals surface area contributed by atoms with Crippen LogP contribution in [0, 0.1) is 0 Å².